The number of hydrogen-bond acceptors (Lipinski definition) is 5. The number of carboxylic acid groups (broad SMARTS) is 2. The molecule has 2 aromatic rings. The molecular formula is C17H22N2O6. The Balaban J connectivity index is 0.000000450. The molecular weight excluding hydrogens is 328 g/mol. The van der Waals surface area contributed by atoms with Gasteiger partial charge in [0.1, 0.15) is 17.3 Å². The fourth-order valence-corrected chi connectivity index (χ4v) is 1.91. The Morgan fingerprint density at radius 1 is 1.16 bits per heavy atom. The number of carbonyl (C=O) groups is 2. The standard InChI is InChI=1S/C15H20N2O2.C2H2O4/c1-13-16-8-10-17(13)9-3-4-11-19-15-7-5-6-14(12-15)18-2;3-1(4)2(5)6/h5-8,10,12H,3-4,9,11H2,1-2H3;(H,3,4)(H,5,6). The van der Waals surface area contributed by atoms with Crippen molar-refractivity contribution in [1.82, 2.24) is 9.55 Å². The van der Waals surface area contributed by atoms with E-state index in [0.29, 0.717) is 0 Å². The molecule has 1 aromatic carbocycles. The third-order valence-corrected chi connectivity index (χ3v) is 3.21. The fraction of sp³-hybridized carbons (Fsp3) is 0.353. The van der Waals surface area contributed by atoms with Gasteiger partial charge in [0, 0.05) is 25.0 Å². The molecule has 0 radical (unpaired) electrons. The van der Waals surface area contributed by atoms with Crippen LogP contribution >= 0.6 is 0 Å². The second-order valence-electron chi connectivity index (χ2n) is 5.01. The number of methoxy groups -OCH3 is 1. The lowest BCUT2D eigenvalue weighted by atomic mass is 10.3. The van der Waals surface area contributed by atoms with E-state index in [1.54, 1.807) is 7.11 Å². The summed E-state index contributed by atoms with van der Waals surface area (Å²) in [7, 11) is 1.66. The molecule has 1 aromatic heterocycles. The smallest absolute Gasteiger partial charge is 0.414 e. The first kappa shape index (κ1) is 20.0. The SMILES string of the molecule is COc1cccc(OCCCCn2ccnc2C)c1.O=C(O)C(=O)O. The molecule has 2 N–H and O–H groups in total. The molecule has 2 rings (SSSR count). The van der Waals surface area contributed by atoms with Crippen LogP contribution in [0.3, 0.4) is 0 Å². The number of hydrogen-bond donors (Lipinski definition) is 2. The number of nitrogens with zero attached hydrogens (tertiary/aromatic N) is 2. The van der Waals surface area contributed by atoms with Gasteiger partial charge >= 0.3 is 11.9 Å². The number of aryl methyl sites for hydroxylation is 2. The van der Waals surface area contributed by atoms with Crippen LogP contribution in [0.5, 0.6) is 11.5 Å². The summed E-state index contributed by atoms with van der Waals surface area (Å²) in [5.74, 6) is -0.900. The lowest BCUT2D eigenvalue weighted by molar-refractivity contribution is -0.159. The number of aliphatic carboxylic acids is 2. The summed E-state index contributed by atoms with van der Waals surface area (Å²) < 4.78 is 13.0. The summed E-state index contributed by atoms with van der Waals surface area (Å²) >= 11 is 0. The van der Waals surface area contributed by atoms with Crippen molar-refractivity contribution in [3.63, 3.8) is 0 Å². The number of rotatable bonds is 7. The molecule has 0 aliphatic heterocycles. The second kappa shape index (κ2) is 10.7. The summed E-state index contributed by atoms with van der Waals surface area (Å²) in [6, 6.07) is 7.69. The van der Waals surface area contributed by atoms with Crippen LogP contribution in [-0.2, 0) is 16.1 Å². The van der Waals surface area contributed by atoms with E-state index in [1.165, 1.54) is 0 Å². The zero-order valence-electron chi connectivity index (χ0n) is 14.2. The molecule has 0 amide bonds. The van der Waals surface area contributed by atoms with E-state index in [4.69, 9.17) is 29.3 Å². The van der Waals surface area contributed by atoms with Gasteiger partial charge in [-0.25, -0.2) is 14.6 Å². The second-order valence-corrected chi connectivity index (χ2v) is 5.01. The van der Waals surface area contributed by atoms with E-state index in [2.05, 4.69) is 9.55 Å². The van der Waals surface area contributed by atoms with Gasteiger partial charge in [-0.15, -0.1) is 0 Å². The van der Waals surface area contributed by atoms with Crippen molar-refractivity contribution in [2.24, 2.45) is 0 Å². The molecule has 0 aliphatic rings. The van der Waals surface area contributed by atoms with Crippen molar-refractivity contribution in [3.05, 3.63) is 42.5 Å². The Labute approximate surface area is 145 Å². The Hall–Kier alpha value is -3.03. The maximum atomic E-state index is 9.10. The highest BCUT2D eigenvalue weighted by Gasteiger charge is 2.04. The number of ether oxygens (including phenoxy) is 2. The van der Waals surface area contributed by atoms with Crippen molar-refractivity contribution in [2.45, 2.75) is 26.3 Å². The van der Waals surface area contributed by atoms with Crippen molar-refractivity contribution >= 4 is 11.9 Å². The van der Waals surface area contributed by atoms with Crippen molar-refractivity contribution in [3.8, 4) is 11.5 Å². The minimum absolute atomic E-state index is 0.723. The topological polar surface area (TPSA) is 111 Å². The highest BCUT2D eigenvalue weighted by molar-refractivity contribution is 6.27. The summed E-state index contributed by atoms with van der Waals surface area (Å²) in [5.41, 5.74) is 0. The molecule has 8 nitrogen and oxygen atoms in total. The Morgan fingerprint density at radius 3 is 2.40 bits per heavy atom. The average molecular weight is 350 g/mol. The van der Waals surface area contributed by atoms with Crippen LogP contribution in [0.1, 0.15) is 18.7 Å². The monoisotopic (exact) mass is 350 g/mol. The van der Waals surface area contributed by atoms with E-state index >= 15 is 0 Å². The summed E-state index contributed by atoms with van der Waals surface area (Å²) in [6.45, 7) is 3.74. The number of imidazole rings is 1. The molecule has 25 heavy (non-hydrogen) atoms. The van der Waals surface area contributed by atoms with Crippen LogP contribution in [0.15, 0.2) is 36.7 Å². The Kier molecular flexibility index (Phi) is 8.56. The van der Waals surface area contributed by atoms with Crippen LogP contribution in [0.25, 0.3) is 0 Å². The molecule has 1 heterocycles. The van der Waals surface area contributed by atoms with E-state index < -0.39 is 11.9 Å². The average Bonchev–Trinajstić information content (AvgIpc) is 3.00. The van der Waals surface area contributed by atoms with E-state index in [0.717, 1.165) is 43.3 Å². The molecule has 136 valence electrons. The van der Waals surface area contributed by atoms with Gasteiger partial charge in [-0.05, 0) is 31.9 Å². The normalized spacial score (nSPS) is 9.68. The minimum Gasteiger partial charge on any atom is -0.497 e. The van der Waals surface area contributed by atoms with Crippen LogP contribution in [0.2, 0.25) is 0 Å². The molecule has 0 atom stereocenters. The third-order valence-electron chi connectivity index (χ3n) is 3.21. The largest absolute Gasteiger partial charge is 0.497 e. The molecule has 0 bridgehead atoms. The highest BCUT2D eigenvalue weighted by atomic mass is 16.5. The van der Waals surface area contributed by atoms with Gasteiger partial charge in [0.15, 0.2) is 0 Å². The molecule has 0 aliphatic carbocycles. The predicted molar refractivity (Wildman–Crippen MR) is 90.0 cm³/mol. The van der Waals surface area contributed by atoms with Crippen LogP contribution < -0.4 is 9.47 Å². The van der Waals surface area contributed by atoms with Gasteiger partial charge in [0.05, 0.1) is 13.7 Å². The third kappa shape index (κ3) is 7.87. The van der Waals surface area contributed by atoms with Gasteiger partial charge in [0.25, 0.3) is 0 Å². The predicted octanol–water partition coefficient (Wildman–Crippen LogP) is 2.21. The number of unbranched alkanes of at least 4 members (excludes halogenated alkanes) is 1. The van der Waals surface area contributed by atoms with Gasteiger partial charge in [-0.3, -0.25) is 0 Å². The quantitative estimate of drug-likeness (QED) is 0.582. The van der Waals surface area contributed by atoms with Gasteiger partial charge < -0.3 is 24.3 Å². The summed E-state index contributed by atoms with van der Waals surface area (Å²) in [5, 5.41) is 14.8. The molecule has 0 unspecified atom stereocenters. The first-order valence-corrected chi connectivity index (χ1v) is 7.65. The number of aromatic nitrogens is 2. The lowest BCUT2D eigenvalue weighted by Gasteiger charge is -2.08. The molecule has 0 spiro atoms. The molecule has 8 heteroatoms. The first-order valence-electron chi connectivity index (χ1n) is 7.65. The maximum Gasteiger partial charge on any atom is 0.414 e. The van der Waals surface area contributed by atoms with Crippen LogP contribution in [0, 0.1) is 6.92 Å². The van der Waals surface area contributed by atoms with Crippen LogP contribution in [0.4, 0.5) is 0 Å². The van der Waals surface area contributed by atoms with Crippen molar-refractivity contribution in [1.29, 1.82) is 0 Å². The maximum absolute atomic E-state index is 9.10. The number of carboxylic acids is 2. The van der Waals surface area contributed by atoms with Crippen molar-refractivity contribution in [2.75, 3.05) is 13.7 Å². The van der Waals surface area contributed by atoms with E-state index in [-0.39, 0.29) is 0 Å². The molecule has 0 saturated heterocycles. The van der Waals surface area contributed by atoms with Gasteiger partial charge in [0.2, 0.25) is 0 Å². The highest BCUT2D eigenvalue weighted by Crippen LogP contribution is 2.19. The Morgan fingerprint density at radius 2 is 1.84 bits per heavy atom. The van der Waals surface area contributed by atoms with E-state index in [1.807, 2.05) is 43.6 Å². The van der Waals surface area contributed by atoms with E-state index in [9.17, 15) is 0 Å². The molecule has 0 fully saturated rings. The lowest BCUT2D eigenvalue weighted by Crippen LogP contribution is -2.09. The summed E-state index contributed by atoms with van der Waals surface area (Å²) in [4.78, 5) is 22.4. The van der Waals surface area contributed by atoms with Crippen LogP contribution in [-0.4, -0.2) is 45.4 Å². The minimum atomic E-state index is -1.82. The zero-order valence-corrected chi connectivity index (χ0v) is 14.2. The fourth-order valence-electron chi connectivity index (χ4n) is 1.91. The van der Waals surface area contributed by atoms with Gasteiger partial charge in [-0.1, -0.05) is 6.07 Å². The van der Waals surface area contributed by atoms with Crippen molar-refractivity contribution < 1.29 is 29.3 Å². The summed E-state index contributed by atoms with van der Waals surface area (Å²) in [6.07, 6.45) is 5.95. The zero-order chi connectivity index (χ0) is 18.7. The Bertz CT molecular complexity index is 671. The van der Waals surface area contributed by atoms with Gasteiger partial charge in [-0.2, -0.15) is 0 Å². The number of benzene rings is 1. The molecule has 0 saturated carbocycles. The first-order chi connectivity index (χ1) is 11.9.